The Bertz CT molecular complexity index is 1940. The van der Waals surface area contributed by atoms with Crippen molar-refractivity contribution in [2.45, 2.75) is 192 Å². The van der Waals surface area contributed by atoms with Gasteiger partial charge in [0.1, 0.15) is 35.7 Å². The molecule has 6 N–H and O–H groups in total. The number of carbonyl (C=O) groups excluding carboxylic acids is 1. The van der Waals surface area contributed by atoms with Crippen molar-refractivity contribution >= 4 is 17.3 Å². The van der Waals surface area contributed by atoms with E-state index in [-0.39, 0.29) is 37.0 Å². The van der Waals surface area contributed by atoms with Crippen LogP contribution in [0.3, 0.4) is 0 Å². The van der Waals surface area contributed by atoms with Crippen LogP contribution in [0.25, 0.3) is 0 Å². The zero-order valence-corrected chi connectivity index (χ0v) is 42.4. The van der Waals surface area contributed by atoms with Crippen molar-refractivity contribution in [1.29, 1.82) is 0 Å². The van der Waals surface area contributed by atoms with Crippen LogP contribution in [0, 0.1) is 33.8 Å². The zero-order chi connectivity index (χ0) is 50.6. The average molecular weight is 964 g/mol. The molecule has 20 heteroatoms. The quantitative estimate of drug-likeness (QED) is 0.0956. The van der Waals surface area contributed by atoms with Crippen LogP contribution < -0.4 is 5.32 Å². The fraction of sp³-hybridized carbons (Fsp3) is 0.812. The van der Waals surface area contributed by atoms with E-state index in [0.29, 0.717) is 44.0 Å². The lowest BCUT2D eigenvalue weighted by Crippen LogP contribution is -2.62. The lowest BCUT2D eigenvalue weighted by molar-refractivity contribution is -0.384. The third kappa shape index (κ3) is 12.7. The van der Waals surface area contributed by atoms with Crippen LogP contribution >= 0.6 is 0 Å². The number of carbonyl (C=O) groups is 1. The summed E-state index contributed by atoms with van der Waals surface area (Å²) in [7, 11) is 5.27. The van der Waals surface area contributed by atoms with E-state index in [1.807, 2.05) is 50.9 Å². The highest BCUT2D eigenvalue weighted by atomic mass is 16.7. The first-order chi connectivity index (χ1) is 31.7. The van der Waals surface area contributed by atoms with Crippen molar-refractivity contribution in [3.05, 3.63) is 46.3 Å². The number of non-ortho nitro benzene ring substituents is 1. The van der Waals surface area contributed by atoms with E-state index in [9.17, 15) is 40.4 Å². The minimum atomic E-state index is -1.82. The summed E-state index contributed by atoms with van der Waals surface area (Å²) in [6.45, 7) is 19.5. The number of benzene rings is 1. The van der Waals surface area contributed by atoms with Gasteiger partial charge in [0.15, 0.2) is 6.29 Å². The second-order valence-corrected chi connectivity index (χ2v) is 20.9. The van der Waals surface area contributed by atoms with Gasteiger partial charge >= 0.3 is 5.97 Å². The average Bonchev–Trinajstić information content (AvgIpc) is 3.74. The Morgan fingerprint density at radius 1 is 1.01 bits per heavy atom. The highest BCUT2D eigenvalue weighted by molar-refractivity contribution is 5.73. The van der Waals surface area contributed by atoms with E-state index in [4.69, 9.17) is 23.7 Å². The van der Waals surface area contributed by atoms with Gasteiger partial charge in [-0.3, -0.25) is 24.5 Å². The standard InChI is InChI=1S/C48H81N7O13/c1-14-38-48(10,61)41(57)31(6)53(12)25-27(2)22-46(8,60)43(29(4)39(30(5)44(59)67-38)37-23-47(9,64-13)42(58)32(7)66-37)68-45-40(56)36(21-28(3)65-45)52(11)19-20-54-26-34(50-51-54)24-49-33-15-17-35(18-16-33)55(62)63/h15-18,26-32,36-43,45,49,56-58,60-61H,14,19-25H2,1-13H3/t27-,28-,29+,30-,31-,32+,36+,37?,38-,39+,40-,41-,42+,43-,45+,46-,47-,48-/m1/s1. The van der Waals surface area contributed by atoms with Crippen molar-refractivity contribution in [3.63, 3.8) is 0 Å². The van der Waals surface area contributed by atoms with E-state index in [1.54, 1.807) is 58.4 Å². The number of methoxy groups -OCH3 is 1. The first-order valence-electron chi connectivity index (χ1n) is 24.2. The summed E-state index contributed by atoms with van der Waals surface area (Å²) in [4.78, 5) is 29.1. The molecule has 1 aromatic carbocycles. The minimum Gasteiger partial charge on any atom is -0.459 e. The summed E-state index contributed by atoms with van der Waals surface area (Å²) in [6.07, 6.45) is -5.73. The molecule has 0 aliphatic carbocycles. The van der Waals surface area contributed by atoms with E-state index < -0.39 is 107 Å². The molecule has 3 aliphatic rings. The van der Waals surface area contributed by atoms with E-state index in [2.05, 4.69) is 15.6 Å². The Kier molecular flexibility index (Phi) is 18.6. The number of anilines is 1. The number of nitro groups is 1. The van der Waals surface area contributed by atoms with Gasteiger partial charge in [-0.25, -0.2) is 0 Å². The maximum atomic E-state index is 14.6. The Morgan fingerprint density at radius 3 is 2.29 bits per heavy atom. The van der Waals surface area contributed by atoms with Crippen molar-refractivity contribution < 1.29 is 58.9 Å². The topological polar surface area (TPSA) is 257 Å². The van der Waals surface area contributed by atoms with Gasteiger partial charge in [0, 0.05) is 62.4 Å². The molecule has 1 aromatic heterocycles. The number of esters is 1. The van der Waals surface area contributed by atoms with E-state index in [1.165, 1.54) is 26.2 Å². The molecule has 0 bridgehead atoms. The van der Waals surface area contributed by atoms with Gasteiger partial charge in [-0.2, -0.15) is 0 Å². The van der Waals surface area contributed by atoms with Crippen molar-refractivity contribution in [2.24, 2.45) is 23.7 Å². The van der Waals surface area contributed by atoms with Crippen LogP contribution in [0.2, 0.25) is 0 Å². The van der Waals surface area contributed by atoms with Gasteiger partial charge < -0.3 is 59.4 Å². The van der Waals surface area contributed by atoms with Gasteiger partial charge in [-0.15, -0.1) is 5.10 Å². The second kappa shape index (κ2) is 22.8. The van der Waals surface area contributed by atoms with Crippen LogP contribution in [0.5, 0.6) is 0 Å². The fourth-order valence-electron chi connectivity index (χ4n) is 11.1. The van der Waals surface area contributed by atoms with Gasteiger partial charge in [0.25, 0.3) is 5.69 Å². The number of nitrogens with zero attached hydrogens (tertiary/aromatic N) is 6. The smallest absolute Gasteiger partial charge is 0.309 e. The molecule has 3 fully saturated rings. The number of ether oxygens (including phenoxy) is 5. The van der Waals surface area contributed by atoms with Crippen LogP contribution in [0.15, 0.2) is 30.5 Å². The number of cyclic esters (lactones) is 1. The molecule has 4 heterocycles. The molecule has 5 rings (SSSR count). The molecule has 0 radical (unpaired) electrons. The molecule has 0 saturated carbocycles. The first-order valence-corrected chi connectivity index (χ1v) is 24.2. The predicted molar refractivity (Wildman–Crippen MR) is 252 cm³/mol. The Morgan fingerprint density at radius 2 is 1.68 bits per heavy atom. The number of nitro benzene ring substituents is 1. The lowest BCUT2D eigenvalue weighted by Gasteiger charge is -2.51. The molecule has 386 valence electrons. The normalized spacial score (nSPS) is 40.6. The summed E-state index contributed by atoms with van der Waals surface area (Å²) in [5.41, 5.74) is -3.11. The van der Waals surface area contributed by atoms with E-state index >= 15 is 0 Å². The van der Waals surface area contributed by atoms with Crippen LogP contribution in [0.4, 0.5) is 11.4 Å². The van der Waals surface area contributed by atoms with Gasteiger partial charge in [0.2, 0.25) is 0 Å². The molecular formula is C48H81N7O13. The highest BCUT2D eigenvalue weighted by Gasteiger charge is 2.55. The SMILES string of the molecule is CC[C@H]1OC(=O)[C@H](C)[C@@H](C2C[C@@](C)(OC)[C@@H](O)[C@H](C)O2)[C@H](C)[C@@H](O[C@@H]2O[C@H](C)C[C@H](N(C)CCn3cc(CNc4ccc([N+](=O)[O-])cc4)nn3)[C@H]2O)[C@](C)(O)C[C@@H](C)CN(C)[C@H](C)[C@@H](O)[C@]1(C)O. The monoisotopic (exact) mass is 964 g/mol. The Balaban J connectivity index is 1.44. The lowest BCUT2D eigenvalue weighted by atomic mass is 9.68. The van der Waals surface area contributed by atoms with Crippen molar-refractivity contribution in [2.75, 3.05) is 39.6 Å². The van der Waals surface area contributed by atoms with Crippen molar-refractivity contribution in [3.8, 4) is 0 Å². The largest absolute Gasteiger partial charge is 0.459 e. The number of aromatic nitrogens is 3. The minimum absolute atomic E-state index is 0.00260. The van der Waals surface area contributed by atoms with Crippen LogP contribution in [0.1, 0.15) is 101 Å². The second-order valence-electron chi connectivity index (χ2n) is 20.9. The Hall–Kier alpha value is -3.41. The van der Waals surface area contributed by atoms with E-state index in [0.717, 1.165) is 0 Å². The number of aliphatic hydroxyl groups excluding tert-OH is 3. The first kappa shape index (κ1) is 55.5. The molecule has 20 nitrogen and oxygen atoms in total. The third-order valence-electron chi connectivity index (χ3n) is 15.3. The maximum absolute atomic E-state index is 14.6. The molecule has 18 atom stereocenters. The molecular weight excluding hydrogens is 883 g/mol. The van der Waals surface area contributed by atoms with Gasteiger partial charge in [0.05, 0.1) is 65.7 Å². The number of rotatable bonds is 13. The van der Waals surface area contributed by atoms with Gasteiger partial charge in [-0.05, 0) is 98.9 Å². The summed E-state index contributed by atoms with van der Waals surface area (Å²) >= 11 is 0. The summed E-state index contributed by atoms with van der Waals surface area (Å²) in [5.74, 6) is -3.20. The Labute approximate surface area is 401 Å². The fourth-order valence-corrected chi connectivity index (χ4v) is 11.1. The third-order valence-corrected chi connectivity index (χ3v) is 15.3. The highest BCUT2D eigenvalue weighted by Crippen LogP contribution is 2.45. The molecule has 2 aromatic rings. The summed E-state index contributed by atoms with van der Waals surface area (Å²) in [6, 6.07) is 5.11. The number of hydrogen-bond donors (Lipinski definition) is 6. The molecule has 3 aliphatic heterocycles. The summed E-state index contributed by atoms with van der Waals surface area (Å²) in [5, 5.41) is 82.7. The molecule has 0 amide bonds. The molecule has 3 saturated heterocycles. The summed E-state index contributed by atoms with van der Waals surface area (Å²) < 4.78 is 33.8. The molecule has 0 spiro atoms. The zero-order valence-electron chi connectivity index (χ0n) is 42.4. The number of aliphatic hydroxyl groups is 5. The molecule has 68 heavy (non-hydrogen) atoms. The number of nitrogens with one attached hydrogen (secondary N) is 1. The van der Waals surface area contributed by atoms with Crippen molar-refractivity contribution in [1.82, 2.24) is 24.8 Å². The predicted octanol–water partition coefficient (Wildman–Crippen LogP) is 3.36. The maximum Gasteiger partial charge on any atom is 0.309 e. The van der Waals surface area contributed by atoms with Crippen LogP contribution in [-0.2, 0) is 41.6 Å². The van der Waals surface area contributed by atoms with Gasteiger partial charge in [-0.1, -0.05) is 32.9 Å². The van der Waals surface area contributed by atoms with Crippen LogP contribution in [-0.4, -0.2) is 180 Å². The number of hydrogen-bond acceptors (Lipinski definition) is 18. The number of likely N-dealkylation sites (N-methyl/N-ethyl adjacent to an activating group) is 2. The molecule has 1 unspecified atom stereocenters.